The molecule has 14 rings (SSSR count). The third-order valence-electron chi connectivity index (χ3n) is 14.2. The predicted molar refractivity (Wildman–Crippen MR) is 297 cm³/mol. The van der Waals surface area contributed by atoms with Gasteiger partial charge in [-0.25, -0.2) is 9.59 Å². The van der Waals surface area contributed by atoms with Crippen LogP contribution >= 0.6 is 0 Å². The van der Waals surface area contributed by atoms with E-state index < -0.39 is 0 Å². The lowest BCUT2D eigenvalue weighted by atomic mass is 9.88. The van der Waals surface area contributed by atoms with Crippen LogP contribution in [-0.2, 0) is 65.1 Å². The third-order valence-corrected chi connectivity index (χ3v) is 14.2. The van der Waals surface area contributed by atoms with Crippen molar-refractivity contribution in [3.05, 3.63) is 272 Å². The van der Waals surface area contributed by atoms with Gasteiger partial charge in [0.1, 0.15) is 36.2 Å². The van der Waals surface area contributed by atoms with Crippen molar-refractivity contribution in [3.8, 4) is 45.3 Å². The van der Waals surface area contributed by atoms with Crippen molar-refractivity contribution < 1.29 is 29.3 Å². The summed E-state index contributed by atoms with van der Waals surface area (Å²) in [6.45, 7) is 1.86. The molecule has 0 radical (unpaired) electrons. The summed E-state index contributed by atoms with van der Waals surface area (Å²) in [7, 11) is 0. The number of rotatable bonds is 6. The van der Waals surface area contributed by atoms with Crippen molar-refractivity contribution in [2.24, 2.45) is 0 Å². The van der Waals surface area contributed by atoms with Gasteiger partial charge in [0.05, 0.1) is 0 Å². The number of phenols is 2. The Morgan fingerprint density at radius 1 is 0.329 bits per heavy atom. The van der Waals surface area contributed by atoms with Crippen molar-refractivity contribution >= 4 is 12.1 Å². The zero-order valence-electron chi connectivity index (χ0n) is 42.1. The number of amides is 4. The van der Waals surface area contributed by atoms with Crippen molar-refractivity contribution in [2.45, 2.75) is 65.1 Å². The summed E-state index contributed by atoms with van der Waals surface area (Å²) < 4.78 is 13.8. The number of carbonyl (C=O) groups is 2. The van der Waals surface area contributed by atoms with Crippen LogP contribution in [0.5, 0.6) is 23.0 Å². The van der Waals surface area contributed by atoms with Crippen molar-refractivity contribution in [1.29, 1.82) is 0 Å². The van der Waals surface area contributed by atoms with Gasteiger partial charge < -0.3 is 41.0 Å². The Balaban J connectivity index is 1.08. The maximum atomic E-state index is 13.2. The van der Waals surface area contributed by atoms with Crippen LogP contribution in [0.1, 0.15) is 77.9 Å². The fraction of sp³-hybridized carbons (Fsp3) is 0.152. The van der Waals surface area contributed by atoms with E-state index >= 15 is 0 Å². The van der Waals surface area contributed by atoms with Gasteiger partial charge in [-0.15, -0.1) is 0 Å². The fourth-order valence-electron chi connectivity index (χ4n) is 10.2. The molecule has 0 unspecified atom stereocenters. The van der Waals surface area contributed by atoms with Gasteiger partial charge in [-0.1, -0.05) is 158 Å². The molecule has 76 heavy (non-hydrogen) atoms. The Labute approximate surface area is 443 Å². The monoisotopic (exact) mass is 1000 g/mol. The number of ether oxygens (including phenoxy) is 2. The van der Waals surface area contributed by atoms with Crippen molar-refractivity contribution in [1.82, 2.24) is 21.3 Å². The molecule has 378 valence electrons. The predicted octanol–water partition coefficient (Wildman–Crippen LogP) is 12.6. The van der Waals surface area contributed by atoms with Gasteiger partial charge in [0, 0.05) is 51.9 Å². The highest BCUT2D eigenvalue weighted by molar-refractivity contribution is 5.75. The number of carbonyl (C=O) groups excluding carboxylic acids is 2. The third kappa shape index (κ3) is 11.6. The maximum absolute atomic E-state index is 13.2. The van der Waals surface area contributed by atoms with E-state index in [2.05, 4.69) is 94.1 Å². The molecule has 6 N–H and O–H groups in total. The summed E-state index contributed by atoms with van der Waals surface area (Å²) in [5.74, 6) is 1.74. The van der Waals surface area contributed by atoms with Crippen LogP contribution < -0.4 is 30.7 Å². The number of aromatic hydroxyl groups is 2. The Bertz CT molecular complexity index is 3240. The smallest absolute Gasteiger partial charge is 0.315 e. The number of para-hydroxylation sites is 2. The molecule has 10 nitrogen and oxygen atoms in total. The SMILES string of the molecule is O=C1NCc2ccc(cc2)CNC(=O)NCc2cccc(c2)-c2cc3c(O)c(c2)Cc2cccc(c2OCc2ccccc2)Cc2cc(cc(c2O)Cc2cccc(c2OCc2ccccc2)C3)-c2cccc(c2)CN1. The molecule has 0 saturated carbocycles. The average molecular weight is 1000 g/mol. The van der Waals surface area contributed by atoms with Gasteiger partial charge in [-0.2, -0.15) is 0 Å². The highest BCUT2D eigenvalue weighted by atomic mass is 16.5. The molecular formula is C66H58N4O6. The fourth-order valence-corrected chi connectivity index (χ4v) is 10.2. The zero-order chi connectivity index (χ0) is 51.8. The molecule has 16 bridgehead atoms. The van der Waals surface area contributed by atoms with E-state index in [1.54, 1.807) is 0 Å². The number of urea groups is 2. The number of hydrogen-bond acceptors (Lipinski definition) is 6. The number of phenolic OH excluding ortho intramolecular Hbond substituents is 2. The van der Waals surface area contributed by atoms with Crippen LogP contribution in [0, 0.1) is 0 Å². The van der Waals surface area contributed by atoms with Crippen LogP contribution in [0.2, 0.25) is 0 Å². The van der Waals surface area contributed by atoms with Gasteiger partial charge in [0.25, 0.3) is 0 Å². The molecule has 1 aliphatic carbocycles. The summed E-state index contributed by atoms with van der Waals surface area (Å²) in [6.07, 6.45) is 1.34. The first kappa shape index (κ1) is 49.0. The first-order valence-electron chi connectivity index (χ1n) is 25.8. The Morgan fingerprint density at radius 3 is 1.01 bits per heavy atom. The first-order valence-corrected chi connectivity index (χ1v) is 25.8. The van der Waals surface area contributed by atoms with Gasteiger partial charge in [-0.3, -0.25) is 0 Å². The molecule has 4 amide bonds. The maximum Gasteiger partial charge on any atom is 0.315 e. The molecular weight excluding hydrogens is 945 g/mol. The van der Waals surface area contributed by atoms with Crippen LogP contribution in [-0.4, -0.2) is 22.3 Å². The van der Waals surface area contributed by atoms with Gasteiger partial charge >= 0.3 is 12.1 Å². The lowest BCUT2D eigenvalue weighted by Crippen LogP contribution is -2.34. The Hall–Kier alpha value is -9.28. The van der Waals surface area contributed by atoms with E-state index in [9.17, 15) is 19.8 Å². The molecule has 4 aliphatic heterocycles. The van der Waals surface area contributed by atoms with E-state index in [1.165, 1.54) is 0 Å². The molecule has 0 atom stereocenters. The standard InChI is InChI=1S/C66H58N4O6/c71-61-57-29-51-19-9-20-52(63(51)75-41-45-11-3-1-4-12-45)30-58-34-56-36-60(62(58)72)32-54-22-10-21-53(64(54)76-42-46-13-5-2-6-14-46)31-59(61)35-55(33-57)49-17-7-15-47(27-49)39-69-65(73)67-37-43-23-25-44(26-24-43)38-68-66(74)70-40-48-16-8-18-50(56)28-48/h1-28,33-36,71-72H,29-32,37-42H2,(H2,67,69,73)(H2,68,70,74). The van der Waals surface area contributed by atoms with E-state index in [1.807, 2.05) is 121 Å². The second-order valence-electron chi connectivity index (χ2n) is 19.6. The van der Waals surface area contributed by atoms with Gasteiger partial charge in [0.2, 0.25) is 0 Å². The van der Waals surface area contributed by atoms with Crippen LogP contribution in [0.4, 0.5) is 9.59 Å². The molecule has 0 spiro atoms. The minimum absolute atomic E-state index is 0.186. The molecule has 4 heterocycles. The summed E-state index contributed by atoms with van der Waals surface area (Å²) in [5, 5.41) is 37.2. The minimum atomic E-state index is -0.301. The topological polar surface area (TPSA) is 141 Å². The molecule has 0 fully saturated rings. The first-order chi connectivity index (χ1) is 37.2. The number of nitrogens with one attached hydrogen (secondary N) is 4. The quantitative estimate of drug-likeness (QED) is 0.0980. The van der Waals surface area contributed by atoms with Crippen LogP contribution in [0.25, 0.3) is 22.3 Å². The normalized spacial score (nSPS) is 13.5. The highest BCUT2D eigenvalue weighted by Gasteiger charge is 2.23. The summed E-state index contributed by atoms with van der Waals surface area (Å²) >= 11 is 0. The number of benzene rings is 9. The Kier molecular flexibility index (Phi) is 14.5. The largest absolute Gasteiger partial charge is 0.507 e. The molecule has 10 heteroatoms. The minimum Gasteiger partial charge on any atom is -0.507 e. The van der Waals surface area contributed by atoms with Crippen LogP contribution in [0.3, 0.4) is 0 Å². The summed E-state index contributed by atoms with van der Waals surface area (Å²) in [5.41, 5.74) is 15.7. The Morgan fingerprint density at radius 2 is 0.658 bits per heavy atom. The van der Waals surface area contributed by atoms with E-state index in [0.29, 0.717) is 63.5 Å². The zero-order valence-corrected chi connectivity index (χ0v) is 42.1. The van der Waals surface area contributed by atoms with E-state index in [-0.39, 0.29) is 36.7 Å². The van der Waals surface area contributed by atoms with E-state index in [4.69, 9.17) is 9.47 Å². The van der Waals surface area contributed by atoms with Crippen molar-refractivity contribution in [2.75, 3.05) is 0 Å². The van der Waals surface area contributed by atoms with Crippen molar-refractivity contribution in [3.63, 3.8) is 0 Å². The molecule has 0 saturated heterocycles. The average Bonchev–Trinajstić information content (AvgIpc) is 3.49. The van der Waals surface area contributed by atoms with Gasteiger partial charge in [0.15, 0.2) is 0 Å². The lowest BCUT2D eigenvalue weighted by Gasteiger charge is -2.22. The molecule has 5 aliphatic rings. The highest BCUT2D eigenvalue weighted by Crippen LogP contribution is 2.42. The molecule has 9 aromatic carbocycles. The molecule has 9 aromatic rings. The van der Waals surface area contributed by atoms with Crippen LogP contribution in [0.15, 0.2) is 194 Å². The van der Waals surface area contributed by atoms with E-state index in [0.717, 1.165) is 100 Å². The molecule has 0 aromatic heterocycles. The second-order valence-corrected chi connectivity index (χ2v) is 19.6. The summed E-state index contributed by atoms with van der Waals surface area (Å²) in [6, 6.07) is 64.0. The van der Waals surface area contributed by atoms with Gasteiger partial charge in [-0.05, 0) is 137 Å². The number of hydrogen-bond donors (Lipinski definition) is 6. The lowest BCUT2D eigenvalue weighted by molar-refractivity contribution is 0.239. The second kappa shape index (κ2) is 22.5. The summed E-state index contributed by atoms with van der Waals surface area (Å²) in [4.78, 5) is 26.4.